The number of aromatic nitrogens is 1. The van der Waals surface area contributed by atoms with Gasteiger partial charge in [0.25, 0.3) is 0 Å². The molecule has 1 aliphatic rings. The van der Waals surface area contributed by atoms with E-state index < -0.39 is 11.9 Å². The molecular weight excluding hydrogens is 377 g/mol. The van der Waals surface area contributed by atoms with Crippen molar-refractivity contribution in [3.05, 3.63) is 45.9 Å². The van der Waals surface area contributed by atoms with Crippen LogP contribution in [0.5, 0.6) is 5.75 Å². The van der Waals surface area contributed by atoms with Gasteiger partial charge in [-0.1, -0.05) is 18.2 Å². The van der Waals surface area contributed by atoms with Crippen molar-refractivity contribution in [2.24, 2.45) is 4.99 Å². The summed E-state index contributed by atoms with van der Waals surface area (Å²) in [4.78, 5) is 8.16. The van der Waals surface area contributed by atoms with Crippen LogP contribution >= 0.6 is 11.3 Å². The van der Waals surface area contributed by atoms with E-state index in [1.165, 1.54) is 5.56 Å². The summed E-state index contributed by atoms with van der Waals surface area (Å²) in [6.45, 7) is 3.59. The predicted molar refractivity (Wildman–Crippen MR) is 99.4 cm³/mol. The third-order valence-corrected chi connectivity index (χ3v) is 4.89. The van der Waals surface area contributed by atoms with Gasteiger partial charge >= 0.3 is 6.18 Å². The molecule has 0 saturated carbocycles. The van der Waals surface area contributed by atoms with E-state index in [1.54, 1.807) is 0 Å². The number of ether oxygens (including phenoxy) is 1. The molecule has 0 fully saturated rings. The molecule has 1 atom stereocenters. The first-order chi connectivity index (χ1) is 13.0. The third kappa shape index (κ3) is 5.35. The van der Waals surface area contributed by atoms with Gasteiger partial charge in [0, 0.05) is 31.3 Å². The SMILES string of the molecule is CCNC(=NCC1Cc2ccccc2O1)NCCc1nc(C(F)(F)F)cs1. The lowest BCUT2D eigenvalue weighted by Gasteiger charge is -2.13. The molecule has 27 heavy (non-hydrogen) atoms. The van der Waals surface area contributed by atoms with E-state index >= 15 is 0 Å². The second-order valence-corrected chi connectivity index (χ2v) is 7.02. The molecule has 0 bridgehead atoms. The van der Waals surface area contributed by atoms with Gasteiger partial charge in [0.15, 0.2) is 11.7 Å². The molecule has 0 radical (unpaired) electrons. The number of thiazole rings is 1. The Hall–Kier alpha value is -2.29. The van der Waals surface area contributed by atoms with Crippen LogP contribution < -0.4 is 15.4 Å². The normalized spacial score (nSPS) is 16.7. The first kappa shape index (κ1) is 19.5. The average Bonchev–Trinajstić information content (AvgIpc) is 3.26. The van der Waals surface area contributed by atoms with Gasteiger partial charge in [0.2, 0.25) is 0 Å². The number of fused-ring (bicyclic) bond motifs is 1. The van der Waals surface area contributed by atoms with Gasteiger partial charge in [-0.25, -0.2) is 9.98 Å². The molecule has 1 aromatic carbocycles. The highest BCUT2D eigenvalue weighted by Gasteiger charge is 2.33. The van der Waals surface area contributed by atoms with E-state index in [1.807, 2.05) is 31.2 Å². The minimum Gasteiger partial charge on any atom is -0.488 e. The Balaban J connectivity index is 1.49. The lowest BCUT2D eigenvalue weighted by Crippen LogP contribution is -2.39. The fraction of sp³-hybridized carbons (Fsp3) is 0.444. The zero-order valence-corrected chi connectivity index (χ0v) is 15.7. The summed E-state index contributed by atoms with van der Waals surface area (Å²) >= 11 is 1.02. The Labute approximate surface area is 159 Å². The van der Waals surface area contributed by atoms with Crippen molar-refractivity contribution < 1.29 is 17.9 Å². The van der Waals surface area contributed by atoms with Crippen LogP contribution in [0.4, 0.5) is 13.2 Å². The van der Waals surface area contributed by atoms with Crippen molar-refractivity contribution in [2.45, 2.75) is 32.0 Å². The number of alkyl halides is 3. The van der Waals surface area contributed by atoms with Gasteiger partial charge in [-0.15, -0.1) is 11.3 Å². The summed E-state index contributed by atoms with van der Waals surface area (Å²) < 4.78 is 43.6. The first-order valence-electron chi connectivity index (χ1n) is 8.74. The van der Waals surface area contributed by atoms with Crippen molar-refractivity contribution in [3.8, 4) is 5.75 Å². The van der Waals surface area contributed by atoms with Crippen LogP contribution in [0.1, 0.15) is 23.2 Å². The summed E-state index contributed by atoms with van der Waals surface area (Å²) in [5.41, 5.74) is 0.348. The number of rotatable bonds is 6. The van der Waals surface area contributed by atoms with Crippen LogP contribution in [-0.2, 0) is 19.0 Å². The molecule has 1 unspecified atom stereocenters. The number of nitrogens with one attached hydrogen (secondary N) is 2. The fourth-order valence-corrected chi connectivity index (χ4v) is 3.54. The Morgan fingerprint density at radius 3 is 2.85 bits per heavy atom. The van der Waals surface area contributed by atoms with Gasteiger partial charge < -0.3 is 15.4 Å². The average molecular weight is 398 g/mol. The molecule has 2 aromatic rings. The molecule has 9 heteroatoms. The number of hydrogen-bond donors (Lipinski definition) is 2. The Morgan fingerprint density at radius 2 is 2.15 bits per heavy atom. The second kappa shape index (κ2) is 8.60. The van der Waals surface area contributed by atoms with E-state index in [-0.39, 0.29) is 6.10 Å². The summed E-state index contributed by atoms with van der Waals surface area (Å²) in [5.74, 6) is 1.52. The van der Waals surface area contributed by atoms with Crippen molar-refractivity contribution in [1.82, 2.24) is 15.6 Å². The lowest BCUT2D eigenvalue weighted by atomic mass is 10.1. The summed E-state index contributed by atoms with van der Waals surface area (Å²) in [7, 11) is 0. The molecule has 0 aliphatic carbocycles. The number of guanidine groups is 1. The van der Waals surface area contributed by atoms with Crippen molar-refractivity contribution in [1.29, 1.82) is 0 Å². The number of hydrogen-bond acceptors (Lipinski definition) is 4. The predicted octanol–water partition coefficient (Wildman–Crippen LogP) is 3.26. The largest absolute Gasteiger partial charge is 0.488 e. The smallest absolute Gasteiger partial charge is 0.434 e. The van der Waals surface area contributed by atoms with Crippen molar-refractivity contribution >= 4 is 17.3 Å². The zero-order chi connectivity index (χ0) is 19.3. The van der Waals surface area contributed by atoms with Crippen molar-refractivity contribution in [3.63, 3.8) is 0 Å². The minimum absolute atomic E-state index is 0.00818. The van der Waals surface area contributed by atoms with Crippen molar-refractivity contribution in [2.75, 3.05) is 19.6 Å². The Morgan fingerprint density at radius 1 is 1.33 bits per heavy atom. The number of aliphatic imine (C=N–C) groups is 1. The quantitative estimate of drug-likeness (QED) is 0.579. The molecule has 5 nitrogen and oxygen atoms in total. The summed E-state index contributed by atoms with van der Waals surface area (Å²) in [6.07, 6.45) is -3.18. The summed E-state index contributed by atoms with van der Waals surface area (Å²) in [6, 6.07) is 7.93. The maximum Gasteiger partial charge on any atom is 0.434 e. The minimum atomic E-state index is -4.39. The van der Waals surface area contributed by atoms with Gasteiger partial charge in [-0.2, -0.15) is 13.2 Å². The highest BCUT2D eigenvalue weighted by atomic mass is 32.1. The van der Waals surface area contributed by atoms with Gasteiger partial charge in [0.1, 0.15) is 11.9 Å². The molecule has 2 N–H and O–H groups in total. The van der Waals surface area contributed by atoms with Gasteiger partial charge in [-0.3, -0.25) is 0 Å². The molecule has 146 valence electrons. The third-order valence-electron chi connectivity index (χ3n) is 3.98. The van der Waals surface area contributed by atoms with E-state index in [4.69, 9.17) is 4.74 Å². The van der Waals surface area contributed by atoms with Gasteiger partial charge in [0.05, 0.1) is 11.6 Å². The zero-order valence-electron chi connectivity index (χ0n) is 14.8. The van der Waals surface area contributed by atoms with Crippen LogP contribution in [0.2, 0.25) is 0 Å². The Kier molecular flexibility index (Phi) is 6.20. The number of benzene rings is 1. The number of nitrogens with zero attached hydrogens (tertiary/aromatic N) is 2. The topological polar surface area (TPSA) is 58.5 Å². The molecule has 2 heterocycles. The number of halogens is 3. The van der Waals surface area contributed by atoms with Crippen LogP contribution in [0.15, 0.2) is 34.6 Å². The molecule has 1 aliphatic heterocycles. The standard InChI is InChI=1S/C18H21F3N4OS/c1-2-22-17(23-8-7-16-25-15(11-27-16)18(19,20)21)24-10-13-9-12-5-3-4-6-14(12)26-13/h3-6,11,13H,2,7-10H2,1H3,(H2,22,23,24). The van der Waals surface area contributed by atoms with Crippen LogP contribution in [0, 0.1) is 0 Å². The maximum atomic E-state index is 12.6. The molecular formula is C18H21F3N4OS. The highest BCUT2D eigenvalue weighted by Crippen LogP contribution is 2.30. The lowest BCUT2D eigenvalue weighted by molar-refractivity contribution is -0.140. The molecule has 3 rings (SSSR count). The highest BCUT2D eigenvalue weighted by molar-refractivity contribution is 7.09. The van der Waals surface area contributed by atoms with Crippen LogP contribution in [-0.4, -0.2) is 36.7 Å². The van der Waals surface area contributed by atoms with E-state index in [9.17, 15) is 13.2 Å². The second-order valence-electron chi connectivity index (χ2n) is 6.07. The Bertz CT molecular complexity index is 766. The van der Waals surface area contributed by atoms with E-state index in [0.717, 1.165) is 28.9 Å². The monoisotopic (exact) mass is 398 g/mol. The molecule has 0 amide bonds. The van der Waals surface area contributed by atoms with Crippen LogP contribution in [0.3, 0.4) is 0 Å². The first-order valence-corrected chi connectivity index (χ1v) is 9.62. The van der Waals surface area contributed by atoms with Crippen LogP contribution in [0.25, 0.3) is 0 Å². The maximum absolute atomic E-state index is 12.6. The summed E-state index contributed by atoms with van der Waals surface area (Å²) in [5, 5.41) is 7.75. The molecule has 0 spiro atoms. The van der Waals surface area contributed by atoms with E-state index in [2.05, 4.69) is 20.6 Å². The fourth-order valence-electron chi connectivity index (χ4n) is 2.73. The number of para-hydroxylation sites is 1. The molecule has 0 saturated heterocycles. The van der Waals surface area contributed by atoms with E-state index in [0.29, 0.717) is 37.0 Å². The molecule has 1 aromatic heterocycles. The van der Waals surface area contributed by atoms with Gasteiger partial charge in [-0.05, 0) is 18.6 Å².